The fraction of sp³-hybridized carbons (Fsp3) is 0.364. The van der Waals surface area contributed by atoms with E-state index in [9.17, 15) is 9.59 Å². The number of likely N-dealkylation sites (tertiary alicyclic amines) is 1. The third-order valence-electron chi connectivity index (χ3n) is 5.39. The third kappa shape index (κ3) is 5.30. The van der Waals surface area contributed by atoms with E-state index in [2.05, 4.69) is 10.2 Å². The maximum Gasteiger partial charge on any atom is 0.241 e. The van der Waals surface area contributed by atoms with Crippen LogP contribution >= 0.6 is 23.2 Å². The second-order valence-electron chi connectivity index (χ2n) is 7.19. The highest BCUT2D eigenvalue weighted by atomic mass is 35.5. The molecule has 0 radical (unpaired) electrons. The first-order valence-corrected chi connectivity index (χ1v) is 10.3. The van der Waals surface area contributed by atoms with Crippen molar-refractivity contribution in [3.05, 3.63) is 58.1 Å². The molecule has 29 heavy (non-hydrogen) atoms. The molecule has 1 fully saturated rings. The Hall–Kier alpha value is -2.08. The maximum atomic E-state index is 12.8. The summed E-state index contributed by atoms with van der Waals surface area (Å²) >= 11 is 12.1. The van der Waals surface area contributed by atoms with Crippen LogP contribution in [-0.2, 0) is 4.79 Å². The van der Waals surface area contributed by atoms with Crippen LogP contribution in [0.25, 0.3) is 0 Å². The summed E-state index contributed by atoms with van der Waals surface area (Å²) in [5, 5.41) is 3.80. The Morgan fingerprint density at radius 3 is 2.38 bits per heavy atom. The lowest BCUT2D eigenvalue weighted by molar-refractivity contribution is -0.121. The molecule has 1 unspecified atom stereocenters. The minimum absolute atomic E-state index is 0.0303. The van der Waals surface area contributed by atoms with Gasteiger partial charge >= 0.3 is 0 Å². The molecule has 1 heterocycles. The van der Waals surface area contributed by atoms with Gasteiger partial charge in [-0.3, -0.25) is 14.5 Å². The van der Waals surface area contributed by atoms with Gasteiger partial charge < -0.3 is 10.1 Å². The first-order valence-electron chi connectivity index (χ1n) is 9.57. The predicted octanol–water partition coefficient (Wildman–Crippen LogP) is 4.92. The monoisotopic (exact) mass is 434 g/mol. The molecule has 0 saturated carbocycles. The zero-order valence-corrected chi connectivity index (χ0v) is 18.0. The number of ketones is 1. The van der Waals surface area contributed by atoms with Crippen LogP contribution in [-0.4, -0.2) is 42.8 Å². The van der Waals surface area contributed by atoms with Crippen LogP contribution < -0.4 is 10.1 Å². The van der Waals surface area contributed by atoms with Crippen molar-refractivity contribution >= 4 is 40.6 Å². The fourth-order valence-corrected chi connectivity index (χ4v) is 3.87. The number of nitrogens with zero attached hydrogens (tertiary/aromatic N) is 1. The number of hydrogen-bond acceptors (Lipinski definition) is 4. The summed E-state index contributed by atoms with van der Waals surface area (Å²) < 4.78 is 5.14. The summed E-state index contributed by atoms with van der Waals surface area (Å²) in [7, 11) is 1.60. The molecule has 0 spiro atoms. The Morgan fingerprint density at radius 2 is 1.76 bits per heavy atom. The number of methoxy groups -OCH3 is 1. The van der Waals surface area contributed by atoms with Gasteiger partial charge in [-0.05, 0) is 75.3 Å². The number of halogens is 2. The largest absolute Gasteiger partial charge is 0.497 e. The second-order valence-corrected chi connectivity index (χ2v) is 8.04. The highest BCUT2D eigenvalue weighted by molar-refractivity contribution is 6.35. The molecular formula is C22H24Cl2N2O3. The number of carbonyl (C=O) groups excluding carboxylic acids is 2. The number of carbonyl (C=O) groups is 2. The first kappa shape index (κ1) is 21.6. The molecule has 1 N–H and O–H groups in total. The summed E-state index contributed by atoms with van der Waals surface area (Å²) in [4.78, 5) is 27.5. The molecule has 7 heteroatoms. The van der Waals surface area contributed by atoms with E-state index in [1.54, 1.807) is 49.6 Å². The van der Waals surface area contributed by atoms with E-state index in [4.69, 9.17) is 27.9 Å². The molecule has 3 rings (SSSR count). The molecular weight excluding hydrogens is 411 g/mol. The highest BCUT2D eigenvalue weighted by Crippen LogP contribution is 2.27. The number of benzene rings is 2. The maximum absolute atomic E-state index is 12.8. The Labute approximate surface area is 180 Å². The van der Waals surface area contributed by atoms with Crippen LogP contribution in [0, 0.1) is 5.92 Å². The van der Waals surface area contributed by atoms with Crippen LogP contribution in [0.2, 0.25) is 10.0 Å². The van der Waals surface area contributed by atoms with Gasteiger partial charge in [-0.2, -0.15) is 0 Å². The van der Waals surface area contributed by atoms with Crippen molar-refractivity contribution in [1.29, 1.82) is 0 Å². The van der Waals surface area contributed by atoms with Crippen LogP contribution in [0.3, 0.4) is 0 Å². The lowest BCUT2D eigenvalue weighted by Crippen LogP contribution is -2.47. The van der Waals surface area contributed by atoms with Gasteiger partial charge in [0.2, 0.25) is 5.91 Å². The number of Topliss-reactive ketones (excluding diaryl/α,β-unsaturated/α-hetero) is 1. The lowest BCUT2D eigenvalue weighted by atomic mass is 9.88. The topological polar surface area (TPSA) is 58.6 Å². The Morgan fingerprint density at radius 1 is 1.10 bits per heavy atom. The molecule has 1 atom stereocenters. The van der Waals surface area contributed by atoms with Gasteiger partial charge in [0, 0.05) is 16.5 Å². The van der Waals surface area contributed by atoms with E-state index in [0.29, 0.717) is 34.4 Å². The molecule has 0 aliphatic carbocycles. The van der Waals surface area contributed by atoms with Crippen molar-refractivity contribution in [2.45, 2.75) is 25.8 Å². The van der Waals surface area contributed by atoms with Gasteiger partial charge in [-0.25, -0.2) is 0 Å². The summed E-state index contributed by atoms with van der Waals surface area (Å²) in [6.07, 6.45) is 1.45. The summed E-state index contributed by atoms with van der Waals surface area (Å²) in [5.41, 5.74) is 1.20. The molecule has 2 aromatic carbocycles. The highest BCUT2D eigenvalue weighted by Gasteiger charge is 2.30. The summed E-state index contributed by atoms with van der Waals surface area (Å²) in [6, 6.07) is 11.8. The van der Waals surface area contributed by atoms with E-state index >= 15 is 0 Å². The fourth-order valence-electron chi connectivity index (χ4n) is 3.54. The van der Waals surface area contributed by atoms with Gasteiger partial charge in [0.1, 0.15) is 5.75 Å². The smallest absolute Gasteiger partial charge is 0.241 e. The van der Waals surface area contributed by atoms with E-state index in [-0.39, 0.29) is 23.7 Å². The van der Waals surface area contributed by atoms with E-state index in [1.165, 1.54) is 0 Å². The molecule has 0 aromatic heterocycles. The molecule has 2 aromatic rings. The molecule has 1 aliphatic rings. The number of ether oxygens (including phenoxy) is 1. The zero-order valence-electron chi connectivity index (χ0n) is 16.5. The van der Waals surface area contributed by atoms with Crippen molar-refractivity contribution in [3.8, 4) is 5.75 Å². The van der Waals surface area contributed by atoms with Crippen molar-refractivity contribution in [2.75, 3.05) is 25.5 Å². The zero-order chi connectivity index (χ0) is 21.0. The van der Waals surface area contributed by atoms with Crippen LogP contribution in [0.5, 0.6) is 5.75 Å². The molecule has 1 aliphatic heterocycles. The van der Waals surface area contributed by atoms with Crippen LogP contribution in [0.1, 0.15) is 30.1 Å². The first-order chi connectivity index (χ1) is 13.9. The number of amides is 1. The average molecular weight is 435 g/mol. The average Bonchev–Trinajstić information content (AvgIpc) is 2.75. The van der Waals surface area contributed by atoms with Gasteiger partial charge in [-0.15, -0.1) is 0 Å². The predicted molar refractivity (Wildman–Crippen MR) is 116 cm³/mol. The minimum Gasteiger partial charge on any atom is -0.497 e. The molecule has 1 amide bonds. The van der Waals surface area contributed by atoms with E-state index in [0.717, 1.165) is 18.6 Å². The van der Waals surface area contributed by atoms with Crippen molar-refractivity contribution in [1.82, 2.24) is 4.90 Å². The van der Waals surface area contributed by atoms with Gasteiger partial charge in [0.05, 0.1) is 23.9 Å². The van der Waals surface area contributed by atoms with Gasteiger partial charge in [-0.1, -0.05) is 23.2 Å². The Kier molecular flexibility index (Phi) is 7.17. The third-order valence-corrected chi connectivity index (χ3v) is 5.95. The van der Waals surface area contributed by atoms with Crippen molar-refractivity contribution in [3.63, 3.8) is 0 Å². The second kappa shape index (κ2) is 9.61. The van der Waals surface area contributed by atoms with E-state index in [1.807, 2.05) is 6.92 Å². The molecule has 5 nitrogen and oxygen atoms in total. The standard InChI is InChI=1S/C22H24Cl2N2O3/c1-14(22(28)25-20-13-17(23)5-8-19(20)24)26-11-9-16(10-12-26)21(27)15-3-6-18(29-2)7-4-15/h3-8,13-14,16H,9-12H2,1-2H3,(H,25,28). The SMILES string of the molecule is COc1ccc(C(=O)C2CCN(C(C)C(=O)Nc3cc(Cl)ccc3Cl)CC2)cc1. The van der Waals surface area contributed by atoms with Crippen LogP contribution in [0.4, 0.5) is 5.69 Å². The number of rotatable bonds is 6. The van der Waals surface area contributed by atoms with Gasteiger partial charge in [0.25, 0.3) is 0 Å². The number of nitrogens with one attached hydrogen (secondary N) is 1. The number of piperidine rings is 1. The normalized spacial score (nSPS) is 16.3. The Bertz CT molecular complexity index is 878. The summed E-state index contributed by atoms with van der Waals surface area (Å²) in [6.45, 7) is 3.23. The molecule has 0 bridgehead atoms. The number of hydrogen-bond donors (Lipinski definition) is 1. The Balaban J connectivity index is 1.55. The van der Waals surface area contributed by atoms with Gasteiger partial charge in [0.15, 0.2) is 5.78 Å². The number of anilines is 1. The molecule has 1 saturated heterocycles. The van der Waals surface area contributed by atoms with Crippen molar-refractivity contribution < 1.29 is 14.3 Å². The van der Waals surface area contributed by atoms with Crippen LogP contribution in [0.15, 0.2) is 42.5 Å². The quantitative estimate of drug-likeness (QED) is 0.655. The van der Waals surface area contributed by atoms with Crippen molar-refractivity contribution in [2.24, 2.45) is 5.92 Å². The summed E-state index contributed by atoms with van der Waals surface area (Å²) in [5.74, 6) is 0.706. The molecule has 154 valence electrons. The lowest BCUT2D eigenvalue weighted by Gasteiger charge is -2.34. The minimum atomic E-state index is -0.331. The van der Waals surface area contributed by atoms with E-state index < -0.39 is 0 Å².